The molecule has 0 aliphatic rings. The SMILES string of the molecule is CC(=O)NC(Cc1cc(C)cc(C)c1)C(=O)O. The monoisotopic (exact) mass is 235 g/mol. The van der Waals surface area contributed by atoms with Gasteiger partial charge in [0.1, 0.15) is 6.04 Å². The molecule has 1 unspecified atom stereocenters. The summed E-state index contributed by atoms with van der Waals surface area (Å²) in [7, 11) is 0. The summed E-state index contributed by atoms with van der Waals surface area (Å²) in [5.41, 5.74) is 3.10. The molecular formula is C13H17NO3. The van der Waals surface area contributed by atoms with Gasteiger partial charge in [-0.15, -0.1) is 0 Å². The van der Waals surface area contributed by atoms with Gasteiger partial charge in [0.2, 0.25) is 5.91 Å². The fourth-order valence-electron chi connectivity index (χ4n) is 1.87. The smallest absolute Gasteiger partial charge is 0.326 e. The Hall–Kier alpha value is -1.84. The van der Waals surface area contributed by atoms with Crippen molar-refractivity contribution in [1.82, 2.24) is 5.32 Å². The lowest BCUT2D eigenvalue weighted by Crippen LogP contribution is -2.41. The minimum Gasteiger partial charge on any atom is -0.480 e. The Kier molecular flexibility index (Phi) is 4.26. The molecule has 0 radical (unpaired) electrons. The second kappa shape index (κ2) is 5.48. The van der Waals surface area contributed by atoms with E-state index < -0.39 is 12.0 Å². The lowest BCUT2D eigenvalue weighted by molar-refractivity contribution is -0.141. The van der Waals surface area contributed by atoms with Crippen molar-refractivity contribution in [3.05, 3.63) is 34.9 Å². The number of rotatable bonds is 4. The summed E-state index contributed by atoms with van der Waals surface area (Å²) in [6.07, 6.45) is 0.303. The van der Waals surface area contributed by atoms with E-state index in [4.69, 9.17) is 5.11 Å². The summed E-state index contributed by atoms with van der Waals surface area (Å²) in [5.74, 6) is -1.35. The van der Waals surface area contributed by atoms with E-state index in [0.717, 1.165) is 16.7 Å². The van der Waals surface area contributed by atoms with Crippen molar-refractivity contribution in [2.45, 2.75) is 33.2 Å². The highest BCUT2D eigenvalue weighted by Crippen LogP contribution is 2.11. The van der Waals surface area contributed by atoms with Gasteiger partial charge in [0, 0.05) is 13.3 Å². The number of carboxylic acid groups (broad SMARTS) is 1. The van der Waals surface area contributed by atoms with Gasteiger partial charge in [-0.05, 0) is 19.4 Å². The van der Waals surface area contributed by atoms with Crippen LogP contribution in [0, 0.1) is 13.8 Å². The Balaban J connectivity index is 2.85. The normalized spacial score (nSPS) is 11.9. The summed E-state index contributed by atoms with van der Waals surface area (Å²) in [4.78, 5) is 21.9. The van der Waals surface area contributed by atoms with Crippen LogP contribution in [0.4, 0.5) is 0 Å². The lowest BCUT2D eigenvalue weighted by Gasteiger charge is -2.14. The van der Waals surface area contributed by atoms with Crippen molar-refractivity contribution in [3.8, 4) is 0 Å². The molecule has 1 atom stereocenters. The fraction of sp³-hybridized carbons (Fsp3) is 0.385. The average molecular weight is 235 g/mol. The summed E-state index contributed by atoms with van der Waals surface area (Å²) in [5, 5.41) is 11.4. The predicted octanol–water partition coefficient (Wildman–Crippen LogP) is 1.44. The van der Waals surface area contributed by atoms with Crippen LogP contribution < -0.4 is 5.32 Å². The van der Waals surface area contributed by atoms with E-state index in [1.54, 1.807) is 0 Å². The third-order valence-electron chi connectivity index (χ3n) is 2.40. The number of aryl methyl sites for hydroxylation is 2. The molecule has 1 aromatic rings. The van der Waals surface area contributed by atoms with Crippen LogP contribution in [0.25, 0.3) is 0 Å². The summed E-state index contributed by atoms with van der Waals surface area (Å²) < 4.78 is 0. The number of benzene rings is 1. The molecule has 1 rings (SSSR count). The first-order valence-electron chi connectivity index (χ1n) is 5.45. The molecule has 0 aliphatic heterocycles. The Morgan fingerprint density at radius 2 is 1.76 bits per heavy atom. The van der Waals surface area contributed by atoms with E-state index >= 15 is 0 Å². The molecule has 0 saturated carbocycles. The molecule has 1 aromatic carbocycles. The molecule has 0 bridgehead atoms. The first kappa shape index (κ1) is 13.2. The van der Waals surface area contributed by atoms with Gasteiger partial charge in [0.25, 0.3) is 0 Å². The first-order valence-corrected chi connectivity index (χ1v) is 5.45. The zero-order valence-corrected chi connectivity index (χ0v) is 10.3. The predicted molar refractivity (Wildman–Crippen MR) is 64.9 cm³/mol. The van der Waals surface area contributed by atoms with Gasteiger partial charge < -0.3 is 10.4 Å². The van der Waals surface area contributed by atoms with Crippen molar-refractivity contribution in [3.63, 3.8) is 0 Å². The number of nitrogens with one attached hydrogen (secondary N) is 1. The number of aliphatic carboxylic acids is 1. The molecule has 2 N–H and O–H groups in total. The maximum absolute atomic E-state index is 11.0. The highest BCUT2D eigenvalue weighted by Gasteiger charge is 2.18. The van der Waals surface area contributed by atoms with E-state index in [9.17, 15) is 9.59 Å². The van der Waals surface area contributed by atoms with Gasteiger partial charge in [-0.2, -0.15) is 0 Å². The Morgan fingerprint density at radius 3 is 2.18 bits per heavy atom. The molecule has 4 heteroatoms. The number of carboxylic acids is 1. The molecule has 17 heavy (non-hydrogen) atoms. The fourth-order valence-corrected chi connectivity index (χ4v) is 1.87. The molecule has 0 fully saturated rings. The van der Waals surface area contributed by atoms with Gasteiger partial charge in [-0.25, -0.2) is 4.79 Å². The highest BCUT2D eigenvalue weighted by molar-refractivity contribution is 5.82. The number of hydrogen-bond acceptors (Lipinski definition) is 2. The van der Waals surface area contributed by atoms with Crippen LogP contribution in [0.5, 0.6) is 0 Å². The maximum atomic E-state index is 11.0. The molecule has 4 nitrogen and oxygen atoms in total. The second-order valence-corrected chi connectivity index (χ2v) is 4.29. The zero-order valence-electron chi connectivity index (χ0n) is 10.3. The van der Waals surface area contributed by atoms with Crippen molar-refractivity contribution in [2.75, 3.05) is 0 Å². The Bertz CT molecular complexity index is 420. The molecule has 0 aromatic heterocycles. The molecule has 1 amide bonds. The van der Waals surface area contributed by atoms with Gasteiger partial charge >= 0.3 is 5.97 Å². The van der Waals surface area contributed by atoms with E-state index in [1.807, 2.05) is 32.0 Å². The van der Waals surface area contributed by atoms with Gasteiger partial charge in [0.05, 0.1) is 0 Å². The van der Waals surface area contributed by atoms with Crippen molar-refractivity contribution < 1.29 is 14.7 Å². The molecular weight excluding hydrogens is 218 g/mol. The van der Waals surface area contributed by atoms with Gasteiger partial charge in [-0.1, -0.05) is 29.3 Å². The highest BCUT2D eigenvalue weighted by atomic mass is 16.4. The summed E-state index contributed by atoms with van der Waals surface area (Å²) >= 11 is 0. The van der Waals surface area contributed by atoms with Crippen LogP contribution in [0.1, 0.15) is 23.6 Å². The van der Waals surface area contributed by atoms with E-state index in [-0.39, 0.29) is 5.91 Å². The molecule has 92 valence electrons. The van der Waals surface area contributed by atoms with E-state index in [1.165, 1.54) is 6.92 Å². The van der Waals surface area contributed by atoms with Crippen LogP contribution >= 0.6 is 0 Å². The molecule has 0 heterocycles. The zero-order chi connectivity index (χ0) is 13.0. The number of amides is 1. The van der Waals surface area contributed by atoms with Crippen molar-refractivity contribution >= 4 is 11.9 Å². The van der Waals surface area contributed by atoms with Crippen LogP contribution in [-0.4, -0.2) is 23.0 Å². The van der Waals surface area contributed by atoms with Gasteiger partial charge in [0.15, 0.2) is 0 Å². The third-order valence-corrected chi connectivity index (χ3v) is 2.40. The van der Waals surface area contributed by atoms with Crippen LogP contribution in [0.3, 0.4) is 0 Å². The van der Waals surface area contributed by atoms with Crippen molar-refractivity contribution in [2.24, 2.45) is 0 Å². The van der Waals surface area contributed by atoms with Crippen LogP contribution in [-0.2, 0) is 16.0 Å². The second-order valence-electron chi connectivity index (χ2n) is 4.29. The minimum atomic E-state index is -1.01. The maximum Gasteiger partial charge on any atom is 0.326 e. The number of hydrogen-bond donors (Lipinski definition) is 2. The van der Waals surface area contributed by atoms with Gasteiger partial charge in [-0.3, -0.25) is 4.79 Å². The van der Waals surface area contributed by atoms with E-state index in [0.29, 0.717) is 6.42 Å². The van der Waals surface area contributed by atoms with Crippen LogP contribution in [0.2, 0.25) is 0 Å². The lowest BCUT2D eigenvalue weighted by atomic mass is 10.0. The van der Waals surface area contributed by atoms with E-state index in [2.05, 4.69) is 5.32 Å². The molecule has 0 spiro atoms. The third kappa shape index (κ3) is 4.26. The minimum absolute atomic E-state index is 0.303. The average Bonchev–Trinajstić information content (AvgIpc) is 2.13. The number of carbonyl (C=O) groups is 2. The molecule has 0 aliphatic carbocycles. The quantitative estimate of drug-likeness (QED) is 0.829. The summed E-state index contributed by atoms with van der Waals surface area (Å²) in [6.45, 7) is 5.24. The largest absolute Gasteiger partial charge is 0.480 e. The topological polar surface area (TPSA) is 66.4 Å². The first-order chi connectivity index (χ1) is 7.88. The standard InChI is InChI=1S/C13H17NO3/c1-8-4-9(2)6-11(5-8)7-12(13(16)17)14-10(3)15/h4-6,12H,7H2,1-3H3,(H,14,15)(H,16,17). The Morgan fingerprint density at radius 1 is 1.24 bits per heavy atom. The number of carbonyl (C=O) groups excluding carboxylic acids is 1. The Labute approximate surface area is 101 Å². The van der Waals surface area contributed by atoms with Crippen molar-refractivity contribution in [1.29, 1.82) is 0 Å². The molecule has 0 saturated heterocycles. The summed E-state index contributed by atoms with van der Waals surface area (Å²) in [6, 6.07) is 5.03. The van der Waals surface area contributed by atoms with Crippen LogP contribution in [0.15, 0.2) is 18.2 Å².